The van der Waals surface area contributed by atoms with Crippen LogP contribution < -0.4 is 4.90 Å². The summed E-state index contributed by atoms with van der Waals surface area (Å²) in [6.07, 6.45) is 7.06. The van der Waals surface area contributed by atoms with Gasteiger partial charge in [0.1, 0.15) is 12.7 Å². The van der Waals surface area contributed by atoms with Crippen LogP contribution in [0.2, 0.25) is 0 Å². The van der Waals surface area contributed by atoms with Gasteiger partial charge in [-0.2, -0.15) is 0 Å². The van der Waals surface area contributed by atoms with Gasteiger partial charge in [0, 0.05) is 68.1 Å². The Bertz CT molecular complexity index is 3130. The molecule has 4 aromatic heterocycles. The van der Waals surface area contributed by atoms with E-state index >= 15 is 0 Å². The van der Waals surface area contributed by atoms with Crippen LogP contribution in [-0.4, -0.2) is 29.1 Å². The third kappa shape index (κ3) is 6.09. The Balaban J connectivity index is 1.02. The van der Waals surface area contributed by atoms with Crippen molar-refractivity contribution in [3.8, 4) is 45.1 Å². The van der Waals surface area contributed by atoms with Gasteiger partial charge < -0.3 is 14.0 Å². The monoisotopic (exact) mass is 757 g/mol. The number of hydrogen-bond donors (Lipinski definition) is 0. The lowest BCUT2D eigenvalue weighted by Gasteiger charge is -2.26. The van der Waals surface area contributed by atoms with E-state index in [4.69, 9.17) is 0 Å². The van der Waals surface area contributed by atoms with E-state index in [1.807, 2.05) is 24.4 Å². The molecule has 7 nitrogen and oxygen atoms in total. The van der Waals surface area contributed by atoms with Crippen LogP contribution in [0.3, 0.4) is 0 Å². The van der Waals surface area contributed by atoms with Crippen molar-refractivity contribution in [3.63, 3.8) is 0 Å². The van der Waals surface area contributed by atoms with Gasteiger partial charge in [-0.15, -0.1) is 0 Å². The topological polar surface area (TPSA) is 64.7 Å². The van der Waals surface area contributed by atoms with E-state index in [2.05, 4.69) is 210 Å². The van der Waals surface area contributed by atoms with Crippen molar-refractivity contribution >= 4 is 49.8 Å². The number of fused-ring (bicyclic) bond motifs is 5. The SMILES string of the molecule is c1ccc(-n2ccc3c4c5cc(-c6ccc(N(c7ccc(-c8ccccn8)cc7)c7ccc(-c8ncncn8)cc7)cc6)ccc5n(-c5ccccc5)c4ccc32)cc1. The summed E-state index contributed by atoms with van der Waals surface area (Å²) in [6, 6.07) is 66.6. The van der Waals surface area contributed by atoms with Gasteiger partial charge in [0.25, 0.3) is 0 Å². The van der Waals surface area contributed by atoms with Crippen LogP contribution in [0.1, 0.15) is 0 Å². The van der Waals surface area contributed by atoms with Gasteiger partial charge in [-0.1, -0.05) is 72.8 Å². The molecule has 0 saturated heterocycles. The summed E-state index contributed by atoms with van der Waals surface area (Å²) in [4.78, 5) is 19.5. The number of rotatable bonds is 8. The second-order valence-corrected chi connectivity index (χ2v) is 14.5. The molecule has 0 fully saturated rings. The number of nitrogens with zero attached hydrogens (tertiary/aromatic N) is 7. The maximum absolute atomic E-state index is 4.57. The average molecular weight is 758 g/mol. The quantitative estimate of drug-likeness (QED) is 0.154. The van der Waals surface area contributed by atoms with Crippen LogP contribution in [-0.2, 0) is 0 Å². The third-order valence-corrected chi connectivity index (χ3v) is 11.1. The molecule has 0 atom stereocenters. The first-order valence-electron chi connectivity index (χ1n) is 19.6. The molecule has 11 aromatic rings. The zero-order valence-corrected chi connectivity index (χ0v) is 31.8. The zero-order chi connectivity index (χ0) is 39.1. The predicted molar refractivity (Wildman–Crippen MR) is 240 cm³/mol. The first-order chi connectivity index (χ1) is 29.3. The number of aromatic nitrogens is 6. The molecule has 0 aliphatic heterocycles. The number of para-hydroxylation sites is 2. The van der Waals surface area contributed by atoms with E-state index in [-0.39, 0.29) is 0 Å². The van der Waals surface area contributed by atoms with Crippen molar-refractivity contribution in [2.75, 3.05) is 4.90 Å². The van der Waals surface area contributed by atoms with Crippen molar-refractivity contribution < 1.29 is 0 Å². The highest BCUT2D eigenvalue weighted by molar-refractivity contribution is 6.21. The fraction of sp³-hybridized carbons (Fsp3) is 0. The number of anilines is 3. The minimum atomic E-state index is 0.639. The van der Waals surface area contributed by atoms with Gasteiger partial charge in [0.15, 0.2) is 5.82 Å². The Labute approximate surface area is 340 Å². The highest BCUT2D eigenvalue weighted by Gasteiger charge is 2.19. The molecule has 4 heterocycles. The summed E-state index contributed by atoms with van der Waals surface area (Å²) in [5, 5.41) is 3.69. The van der Waals surface area contributed by atoms with E-state index in [0.717, 1.165) is 56.4 Å². The molecule has 0 spiro atoms. The molecule has 0 bridgehead atoms. The van der Waals surface area contributed by atoms with Crippen LogP contribution in [0, 0.1) is 0 Å². The summed E-state index contributed by atoms with van der Waals surface area (Å²) >= 11 is 0. The molecule has 0 amide bonds. The molecular formula is C52H35N7. The fourth-order valence-electron chi connectivity index (χ4n) is 8.30. The summed E-state index contributed by atoms with van der Waals surface area (Å²) < 4.78 is 4.67. The second kappa shape index (κ2) is 14.4. The molecule has 0 saturated carbocycles. The number of benzene rings is 7. The van der Waals surface area contributed by atoms with E-state index < -0.39 is 0 Å². The third-order valence-electron chi connectivity index (χ3n) is 11.1. The molecule has 59 heavy (non-hydrogen) atoms. The van der Waals surface area contributed by atoms with Crippen LogP contribution >= 0.6 is 0 Å². The first kappa shape index (κ1) is 34.1. The van der Waals surface area contributed by atoms with Crippen molar-refractivity contribution in [2.24, 2.45) is 0 Å². The normalized spacial score (nSPS) is 11.4. The Morgan fingerprint density at radius 1 is 0.407 bits per heavy atom. The number of pyridine rings is 1. The number of hydrogen-bond acceptors (Lipinski definition) is 5. The molecule has 0 aliphatic rings. The van der Waals surface area contributed by atoms with E-state index in [1.54, 1.807) is 0 Å². The highest BCUT2D eigenvalue weighted by atomic mass is 15.1. The van der Waals surface area contributed by atoms with Gasteiger partial charge in [-0.25, -0.2) is 15.0 Å². The van der Waals surface area contributed by atoms with Gasteiger partial charge in [-0.05, 0) is 126 Å². The zero-order valence-electron chi connectivity index (χ0n) is 31.8. The maximum Gasteiger partial charge on any atom is 0.162 e. The Morgan fingerprint density at radius 3 is 1.64 bits per heavy atom. The van der Waals surface area contributed by atoms with Gasteiger partial charge >= 0.3 is 0 Å². The second-order valence-electron chi connectivity index (χ2n) is 14.5. The molecule has 0 radical (unpaired) electrons. The van der Waals surface area contributed by atoms with Crippen molar-refractivity contribution in [1.29, 1.82) is 0 Å². The predicted octanol–water partition coefficient (Wildman–Crippen LogP) is 12.8. The van der Waals surface area contributed by atoms with E-state index in [9.17, 15) is 0 Å². The largest absolute Gasteiger partial charge is 0.317 e. The molecule has 0 N–H and O–H groups in total. The highest BCUT2D eigenvalue weighted by Crippen LogP contribution is 2.41. The summed E-state index contributed by atoms with van der Waals surface area (Å²) in [7, 11) is 0. The molecule has 278 valence electrons. The van der Waals surface area contributed by atoms with Crippen molar-refractivity contribution in [1.82, 2.24) is 29.1 Å². The maximum atomic E-state index is 4.57. The lowest BCUT2D eigenvalue weighted by molar-refractivity contribution is 1.06. The molecule has 0 unspecified atom stereocenters. The van der Waals surface area contributed by atoms with Crippen LogP contribution in [0.15, 0.2) is 213 Å². The molecule has 0 aliphatic carbocycles. The fourth-order valence-corrected chi connectivity index (χ4v) is 8.30. The van der Waals surface area contributed by atoms with E-state index in [1.165, 1.54) is 45.4 Å². The first-order valence-corrected chi connectivity index (χ1v) is 19.6. The lowest BCUT2D eigenvalue weighted by atomic mass is 10.0. The van der Waals surface area contributed by atoms with Gasteiger partial charge in [-0.3, -0.25) is 4.98 Å². The van der Waals surface area contributed by atoms with Gasteiger partial charge in [0.2, 0.25) is 0 Å². The Kier molecular flexibility index (Phi) is 8.33. The minimum absolute atomic E-state index is 0.639. The smallest absolute Gasteiger partial charge is 0.162 e. The van der Waals surface area contributed by atoms with Crippen LogP contribution in [0.5, 0.6) is 0 Å². The van der Waals surface area contributed by atoms with Crippen LogP contribution in [0.4, 0.5) is 17.1 Å². The van der Waals surface area contributed by atoms with Crippen LogP contribution in [0.25, 0.3) is 77.9 Å². The van der Waals surface area contributed by atoms with Crippen molar-refractivity contribution in [3.05, 3.63) is 213 Å². The lowest BCUT2D eigenvalue weighted by Crippen LogP contribution is -2.09. The molecule has 11 rings (SSSR count). The van der Waals surface area contributed by atoms with Gasteiger partial charge in [0.05, 0.1) is 22.2 Å². The van der Waals surface area contributed by atoms with E-state index in [0.29, 0.717) is 5.82 Å². The molecule has 7 heteroatoms. The standard InChI is InChI=1S/C52H35N7/c1-3-9-40(10-4-1)57-32-30-45-48(57)28-29-50-51(45)46-33-39(20-27-49(46)59(50)41-11-5-2-6-12-41)36-14-21-42(22-15-36)58(43-23-16-37(17-24-43)47-13-7-8-31-54-47)44-25-18-38(19-26-44)52-55-34-53-35-56-52/h1-35H. The summed E-state index contributed by atoms with van der Waals surface area (Å²) in [5.41, 5.74) is 14.1. The minimum Gasteiger partial charge on any atom is -0.317 e. The molecule has 7 aromatic carbocycles. The summed E-state index contributed by atoms with van der Waals surface area (Å²) in [6.45, 7) is 0. The Morgan fingerprint density at radius 2 is 0.983 bits per heavy atom. The Hall–Kier alpha value is -8.16. The molecular weight excluding hydrogens is 723 g/mol. The summed E-state index contributed by atoms with van der Waals surface area (Å²) in [5.74, 6) is 0.639. The average Bonchev–Trinajstić information content (AvgIpc) is 3.90. The van der Waals surface area contributed by atoms with Crippen molar-refractivity contribution in [2.45, 2.75) is 0 Å².